The Labute approximate surface area is 72.0 Å². The minimum absolute atomic E-state index is 0.0256. The predicted molar refractivity (Wildman–Crippen MR) is 47.4 cm³/mol. The first-order chi connectivity index (χ1) is 5.83. The lowest BCUT2D eigenvalue weighted by Gasteiger charge is -2.06. The summed E-state index contributed by atoms with van der Waals surface area (Å²) in [7, 11) is 0. The molecule has 0 bridgehead atoms. The summed E-state index contributed by atoms with van der Waals surface area (Å²) < 4.78 is 0. The Kier molecular flexibility index (Phi) is 1.64. The van der Waals surface area contributed by atoms with Crippen molar-refractivity contribution in [2.75, 3.05) is 0 Å². The third kappa shape index (κ3) is 0.929. The first-order valence-electron chi connectivity index (χ1n) is 4.05. The van der Waals surface area contributed by atoms with Gasteiger partial charge in [-0.3, -0.25) is 0 Å². The summed E-state index contributed by atoms with van der Waals surface area (Å²) in [6.45, 7) is 0. The van der Waals surface area contributed by atoms with Gasteiger partial charge in [0.25, 0.3) is 0 Å². The van der Waals surface area contributed by atoms with Gasteiger partial charge in [-0.05, 0) is 17.5 Å². The monoisotopic (exact) mass is 158 g/mol. The molecule has 0 saturated carbocycles. The molecule has 0 radical (unpaired) electrons. The zero-order valence-electron chi connectivity index (χ0n) is 6.70. The van der Waals surface area contributed by atoms with Crippen LogP contribution >= 0.6 is 0 Å². The second-order valence-corrected chi connectivity index (χ2v) is 3.12. The number of benzene rings is 1. The summed E-state index contributed by atoms with van der Waals surface area (Å²) in [5.41, 5.74) is 2.19. The van der Waals surface area contributed by atoms with Crippen molar-refractivity contribution >= 4 is 0 Å². The second kappa shape index (κ2) is 2.66. The van der Waals surface area contributed by atoms with Gasteiger partial charge in [0.15, 0.2) is 0 Å². The van der Waals surface area contributed by atoms with E-state index in [9.17, 15) is 5.11 Å². The van der Waals surface area contributed by atoms with Crippen LogP contribution in [0, 0.1) is 18.3 Å². The molecule has 2 rings (SSSR count). The number of rotatable bonds is 0. The first-order valence-corrected chi connectivity index (χ1v) is 4.05. The van der Waals surface area contributed by atoms with Crippen molar-refractivity contribution in [3.8, 4) is 12.3 Å². The average Bonchev–Trinajstić information content (AvgIpc) is 2.44. The molecule has 0 spiro atoms. The van der Waals surface area contributed by atoms with Gasteiger partial charge >= 0.3 is 0 Å². The van der Waals surface area contributed by atoms with Crippen LogP contribution in [0.25, 0.3) is 0 Å². The fourth-order valence-corrected chi connectivity index (χ4v) is 1.72. The van der Waals surface area contributed by atoms with E-state index in [1.807, 2.05) is 24.3 Å². The molecular formula is C11H10O. The van der Waals surface area contributed by atoms with Crippen LogP contribution < -0.4 is 0 Å². The lowest BCUT2D eigenvalue weighted by atomic mass is 10.1. The fraction of sp³-hybridized carbons (Fsp3) is 0.273. The van der Waals surface area contributed by atoms with Crippen LogP contribution in [0.4, 0.5) is 0 Å². The highest BCUT2D eigenvalue weighted by Gasteiger charge is 2.28. The number of fused-ring (bicyclic) bond motifs is 1. The van der Waals surface area contributed by atoms with Gasteiger partial charge in [-0.1, -0.05) is 30.2 Å². The van der Waals surface area contributed by atoms with E-state index in [0.29, 0.717) is 0 Å². The highest BCUT2D eigenvalue weighted by Crippen LogP contribution is 2.34. The van der Waals surface area contributed by atoms with Crippen LogP contribution in [-0.2, 0) is 6.42 Å². The molecule has 1 aromatic rings. The van der Waals surface area contributed by atoms with Crippen molar-refractivity contribution < 1.29 is 5.11 Å². The molecule has 60 valence electrons. The molecule has 0 fully saturated rings. The highest BCUT2D eigenvalue weighted by atomic mass is 16.3. The SMILES string of the molecule is C#C[C@@H]1Cc2ccccc2[C@@H]1O. The van der Waals surface area contributed by atoms with Crippen molar-refractivity contribution in [2.24, 2.45) is 5.92 Å². The van der Waals surface area contributed by atoms with Crippen LogP contribution in [-0.4, -0.2) is 5.11 Å². The van der Waals surface area contributed by atoms with Gasteiger partial charge in [0.2, 0.25) is 0 Å². The summed E-state index contributed by atoms with van der Waals surface area (Å²) in [6.07, 6.45) is 5.65. The zero-order chi connectivity index (χ0) is 8.55. The largest absolute Gasteiger partial charge is 0.387 e. The van der Waals surface area contributed by atoms with E-state index in [1.54, 1.807) is 0 Å². The van der Waals surface area contributed by atoms with E-state index in [1.165, 1.54) is 5.56 Å². The molecule has 0 unspecified atom stereocenters. The molecule has 0 amide bonds. The van der Waals surface area contributed by atoms with Crippen LogP contribution in [0.1, 0.15) is 17.2 Å². The van der Waals surface area contributed by atoms with E-state index in [2.05, 4.69) is 5.92 Å². The van der Waals surface area contributed by atoms with Crippen molar-refractivity contribution in [1.29, 1.82) is 0 Å². The van der Waals surface area contributed by atoms with E-state index in [-0.39, 0.29) is 5.92 Å². The summed E-state index contributed by atoms with van der Waals surface area (Å²) in [6, 6.07) is 7.87. The molecule has 1 aliphatic rings. The third-order valence-corrected chi connectivity index (χ3v) is 2.41. The Morgan fingerprint density at radius 2 is 2.17 bits per heavy atom. The topological polar surface area (TPSA) is 20.2 Å². The molecule has 1 aliphatic carbocycles. The lowest BCUT2D eigenvalue weighted by Crippen LogP contribution is -2.03. The molecule has 0 aliphatic heterocycles. The Hall–Kier alpha value is -1.26. The van der Waals surface area contributed by atoms with Crippen molar-refractivity contribution in [3.63, 3.8) is 0 Å². The molecule has 0 aromatic heterocycles. The molecule has 0 saturated heterocycles. The predicted octanol–water partition coefficient (Wildman–Crippen LogP) is 1.53. The molecule has 1 heteroatoms. The number of hydrogen-bond donors (Lipinski definition) is 1. The van der Waals surface area contributed by atoms with Gasteiger partial charge in [0.1, 0.15) is 0 Å². The third-order valence-electron chi connectivity index (χ3n) is 2.41. The van der Waals surface area contributed by atoms with Gasteiger partial charge in [0, 0.05) is 0 Å². The van der Waals surface area contributed by atoms with E-state index in [0.717, 1.165) is 12.0 Å². The minimum Gasteiger partial charge on any atom is -0.387 e. The average molecular weight is 158 g/mol. The van der Waals surface area contributed by atoms with Gasteiger partial charge < -0.3 is 5.11 Å². The van der Waals surface area contributed by atoms with Gasteiger partial charge in [-0.2, -0.15) is 0 Å². The zero-order valence-corrected chi connectivity index (χ0v) is 6.70. The van der Waals surface area contributed by atoms with E-state index < -0.39 is 6.10 Å². The Morgan fingerprint density at radius 3 is 2.83 bits per heavy atom. The molecule has 1 nitrogen and oxygen atoms in total. The fourth-order valence-electron chi connectivity index (χ4n) is 1.72. The van der Waals surface area contributed by atoms with Crippen molar-refractivity contribution in [2.45, 2.75) is 12.5 Å². The maximum atomic E-state index is 9.70. The number of aliphatic hydroxyl groups is 1. The molecule has 12 heavy (non-hydrogen) atoms. The standard InChI is InChI=1S/C11H10O/c1-2-8-7-9-5-3-4-6-10(9)11(8)12/h1,3-6,8,11-12H,7H2/t8-,11-/m1/s1. The van der Waals surface area contributed by atoms with Gasteiger partial charge in [-0.15, -0.1) is 6.42 Å². The number of terminal acetylenes is 1. The van der Waals surface area contributed by atoms with Gasteiger partial charge in [-0.25, -0.2) is 0 Å². The maximum absolute atomic E-state index is 9.70. The Bertz CT molecular complexity index is 335. The Balaban J connectivity index is 2.44. The normalized spacial score (nSPS) is 26.3. The first kappa shape index (κ1) is 7.39. The minimum atomic E-state index is -0.453. The van der Waals surface area contributed by atoms with E-state index in [4.69, 9.17) is 6.42 Å². The quantitative estimate of drug-likeness (QED) is 0.568. The molecular weight excluding hydrogens is 148 g/mol. The van der Waals surface area contributed by atoms with Crippen LogP contribution in [0.15, 0.2) is 24.3 Å². The summed E-state index contributed by atoms with van der Waals surface area (Å²) in [5.74, 6) is 2.59. The second-order valence-electron chi connectivity index (χ2n) is 3.12. The molecule has 1 aromatic carbocycles. The number of aliphatic hydroxyl groups excluding tert-OH is 1. The maximum Gasteiger partial charge on any atom is 0.0933 e. The summed E-state index contributed by atoms with van der Waals surface area (Å²) in [4.78, 5) is 0. The van der Waals surface area contributed by atoms with E-state index >= 15 is 0 Å². The summed E-state index contributed by atoms with van der Waals surface area (Å²) in [5, 5.41) is 9.70. The van der Waals surface area contributed by atoms with Crippen molar-refractivity contribution in [1.82, 2.24) is 0 Å². The van der Waals surface area contributed by atoms with Gasteiger partial charge in [0.05, 0.1) is 12.0 Å². The molecule has 2 atom stereocenters. The molecule has 1 N–H and O–H groups in total. The lowest BCUT2D eigenvalue weighted by molar-refractivity contribution is 0.150. The number of hydrogen-bond acceptors (Lipinski definition) is 1. The smallest absolute Gasteiger partial charge is 0.0933 e. The van der Waals surface area contributed by atoms with Crippen LogP contribution in [0.5, 0.6) is 0 Å². The summed E-state index contributed by atoms with van der Waals surface area (Å²) >= 11 is 0. The van der Waals surface area contributed by atoms with Crippen LogP contribution in [0.3, 0.4) is 0 Å². The van der Waals surface area contributed by atoms with Crippen molar-refractivity contribution in [3.05, 3.63) is 35.4 Å². The van der Waals surface area contributed by atoms with Crippen LogP contribution in [0.2, 0.25) is 0 Å². The highest BCUT2D eigenvalue weighted by molar-refractivity contribution is 5.36. The Morgan fingerprint density at radius 1 is 1.42 bits per heavy atom. The molecule has 0 heterocycles.